The summed E-state index contributed by atoms with van der Waals surface area (Å²) in [5.74, 6) is 0.220. The van der Waals surface area contributed by atoms with Crippen LogP contribution in [0.2, 0.25) is 0 Å². The predicted molar refractivity (Wildman–Crippen MR) is 69.3 cm³/mol. The molecule has 0 spiro atoms. The summed E-state index contributed by atoms with van der Waals surface area (Å²) in [6, 6.07) is 4.13. The zero-order valence-corrected chi connectivity index (χ0v) is 11.1. The third-order valence-corrected chi connectivity index (χ3v) is 2.94. The van der Waals surface area contributed by atoms with Crippen LogP contribution in [-0.4, -0.2) is 17.8 Å². The monoisotopic (exact) mass is 302 g/mol. The summed E-state index contributed by atoms with van der Waals surface area (Å²) < 4.78 is 48.6. The molecule has 1 aromatic carbocycles. The van der Waals surface area contributed by atoms with Gasteiger partial charge < -0.3 is 14.3 Å². The van der Waals surface area contributed by atoms with Gasteiger partial charge in [0.2, 0.25) is 0 Å². The van der Waals surface area contributed by atoms with Gasteiger partial charge in [-0.05, 0) is 18.6 Å². The maximum Gasteiger partial charge on any atom is 0.417 e. The maximum atomic E-state index is 12.9. The van der Waals surface area contributed by atoms with Gasteiger partial charge in [-0.3, -0.25) is 0 Å². The first-order valence-electron chi connectivity index (χ1n) is 6.27. The van der Waals surface area contributed by atoms with Crippen LogP contribution in [0.1, 0.15) is 18.9 Å². The van der Waals surface area contributed by atoms with E-state index < -0.39 is 23.5 Å². The van der Waals surface area contributed by atoms with Gasteiger partial charge in [-0.15, -0.1) is 0 Å². The number of fused-ring (bicyclic) bond motifs is 1. The summed E-state index contributed by atoms with van der Waals surface area (Å²) in [5, 5.41) is 9.16. The smallest absolute Gasteiger partial charge is 0.417 e. The highest BCUT2D eigenvalue weighted by Crippen LogP contribution is 2.34. The molecule has 0 fully saturated rings. The second kappa shape index (κ2) is 5.77. The molecule has 1 atom stereocenters. The molecule has 2 rings (SSSR count). The van der Waals surface area contributed by atoms with Crippen LogP contribution in [0.4, 0.5) is 13.2 Å². The van der Waals surface area contributed by atoms with Gasteiger partial charge in [0.1, 0.15) is 17.9 Å². The third kappa shape index (κ3) is 3.55. The second-order valence-corrected chi connectivity index (χ2v) is 4.51. The zero-order chi connectivity index (χ0) is 15.6. The molecular formula is C14H13F3O4. The Hall–Kier alpha value is -2.02. The number of alkyl halides is 3. The average molecular weight is 302 g/mol. The van der Waals surface area contributed by atoms with E-state index in [-0.39, 0.29) is 23.3 Å². The molecule has 0 amide bonds. The minimum atomic E-state index is -4.64. The van der Waals surface area contributed by atoms with Crippen molar-refractivity contribution in [1.29, 1.82) is 0 Å². The molecule has 1 N–H and O–H groups in total. The van der Waals surface area contributed by atoms with E-state index in [1.807, 2.05) is 0 Å². The highest BCUT2D eigenvalue weighted by molar-refractivity contribution is 5.82. The van der Waals surface area contributed by atoms with Gasteiger partial charge >= 0.3 is 11.8 Å². The molecule has 0 aliphatic rings. The highest BCUT2D eigenvalue weighted by Gasteiger charge is 2.33. The molecule has 7 heteroatoms. The second-order valence-electron chi connectivity index (χ2n) is 4.51. The van der Waals surface area contributed by atoms with E-state index in [2.05, 4.69) is 0 Å². The van der Waals surface area contributed by atoms with Crippen molar-refractivity contribution in [2.75, 3.05) is 6.61 Å². The topological polar surface area (TPSA) is 59.7 Å². The van der Waals surface area contributed by atoms with Gasteiger partial charge in [0, 0.05) is 17.5 Å². The zero-order valence-electron chi connectivity index (χ0n) is 11.1. The number of halogens is 3. The lowest BCUT2D eigenvalue weighted by Crippen LogP contribution is -2.16. The minimum absolute atomic E-state index is 0.00516. The van der Waals surface area contributed by atoms with E-state index >= 15 is 0 Å². The van der Waals surface area contributed by atoms with E-state index in [0.29, 0.717) is 12.5 Å². The maximum absolute atomic E-state index is 12.9. The lowest BCUT2D eigenvalue weighted by atomic mass is 10.1. The van der Waals surface area contributed by atoms with Crippen LogP contribution >= 0.6 is 0 Å². The normalized spacial score (nSPS) is 13.4. The van der Waals surface area contributed by atoms with Crippen LogP contribution in [0.3, 0.4) is 0 Å². The Morgan fingerprint density at radius 3 is 2.67 bits per heavy atom. The molecule has 0 saturated carbocycles. The van der Waals surface area contributed by atoms with Crippen molar-refractivity contribution in [2.24, 2.45) is 0 Å². The van der Waals surface area contributed by atoms with Crippen molar-refractivity contribution >= 4 is 11.0 Å². The number of hydrogen-bond acceptors (Lipinski definition) is 4. The Morgan fingerprint density at radius 2 is 2.05 bits per heavy atom. The van der Waals surface area contributed by atoms with E-state index in [0.717, 1.165) is 0 Å². The fourth-order valence-electron chi connectivity index (χ4n) is 1.78. The molecule has 4 nitrogen and oxygen atoms in total. The lowest BCUT2D eigenvalue weighted by molar-refractivity contribution is -0.136. The number of rotatable bonds is 4. The summed E-state index contributed by atoms with van der Waals surface area (Å²) in [7, 11) is 0. The predicted octanol–water partition coefficient (Wildman–Crippen LogP) is 2.96. The van der Waals surface area contributed by atoms with Crippen molar-refractivity contribution in [3.8, 4) is 5.75 Å². The van der Waals surface area contributed by atoms with Gasteiger partial charge in [-0.1, -0.05) is 6.92 Å². The number of aliphatic hydroxyl groups excluding tert-OH is 1. The van der Waals surface area contributed by atoms with Gasteiger partial charge in [0.15, 0.2) is 0 Å². The highest BCUT2D eigenvalue weighted by atomic mass is 19.4. The molecule has 21 heavy (non-hydrogen) atoms. The molecule has 0 saturated heterocycles. The average Bonchev–Trinajstić information content (AvgIpc) is 2.42. The van der Waals surface area contributed by atoms with E-state index in [1.165, 1.54) is 18.2 Å². The van der Waals surface area contributed by atoms with Gasteiger partial charge in [0.25, 0.3) is 0 Å². The van der Waals surface area contributed by atoms with Crippen LogP contribution in [0.5, 0.6) is 5.75 Å². The number of ether oxygens (including phenoxy) is 1. The number of hydrogen-bond donors (Lipinski definition) is 1. The lowest BCUT2D eigenvalue weighted by Gasteiger charge is -2.12. The van der Waals surface area contributed by atoms with Crippen molar-refractivity contribution in [2.45, 2.75) is 25.6 Å². The summed E-state index contributed by atoms with van der Waals surface area (Å²) in [6.45, 7) is 1.77. The molecule has 0 radical (unpaired) electrons. The SMILES string of the molecule is CC[C@H](O)COc1ccc2c(C(F)(F)F)cc(=O)oc2c1. The Kier molecular flexibility index (Phi) is 4.22. The Labute approximate surface area is 117 Å². The van der Waals surface area contributed by atoms with Crippen LogP contribution < -0.4 is 10.4 Å². The Morgan fingerprint density at radius 1 is 1.33 bits per heavy atom. The third-order valence-electron chi connectivity index (χ3n) is 2.94. The standard InChI is InChI=1S/C14H13F3O4/c1-2-8(18)7-20-9-3-4-10-11(14(15,16)17)6-13(19)21-12(10)5-9/h3-6,8,18H,2,7H2,1H3/t8-/m0/s1. The molecule has 0 bridgehead atoms. The molecule has 114 valence electrons. The van der Waals surface area contributed by atoms with Crippen molar-refractivity contribution < 1.29 is 27.4 Å². The van der Waals surface area contributed by atoms with Crippen molar-refractivity contribution in [1.82, 2.24) is 0 Å². The summed E-state index contributed by atoms with van der Waals surface area (Å²) >= 11 is 0. The molecule has 1 heterocycles. The molecule has 1 aromatic heterocycles. The fraction of sp³-hybridized carbons (Fsp3) is 0.357. The first kappa shape index (κ1) is 15.4. The summed E-state index contributed by atoms with van der Waals surface area (Å²) in [4.78, 5) is 11.2. The van der Waals surface area contributed by atoms with E-state index in [4.69, 9.17) is 9.15 Å². The van der Waals surface area contributed by atoms with Crippen molar-refractivity contribution in [3.63, 3.8) is 0 Å². The van der Waals surface area contributed by atoms with Crippen molar-refractivity contribution in [3.05, 3.63) is 40.2 Å². The van der Waals surface area contributed by atoms with Gasteiger partial charge in [-0.2, -0.15) is 13.2 Å². The van der Waals surface area contributed by atoms with Gasteiger partial charge in [-0.25, -0.2) is 4.79 Å². The van der Waals surface area contributed by atoms with Crippen LogP contribution in [0.15, 0.2) is 33.5 Å². The number of aliphatic hydroxyl groups is 1. The summed E-state index contributed by atoms with van der Waals surface area (Å²) in [6.07, 6.45) is -4.83. The van der Waals surface area contributed by atoms with Crippen LogP contribution in [0, 0.1) is 0 Å². The van der Waals surface area contributed by atoms with Crippen LogP contribution in [-0.2, 0) is 6.18 Å². The van der Waals surface area contributed by atoms with Gasteiger partial charge in [0.05, 0.1) is 11.7 Å². The first-order valence-corrected chi connectivity index (χ1v) is 6.27. The molecule has 0 aliphatic carbocycles. The Bertz CT molecular complexity index is 691. The molecular weight excluding hydrogens is 289 g/mol. The minimum Gasteiger partial charge on any atom is -0.491 e. The van der Waals surface area contributed by atoms with Crippen LogP contribution in [0.25, 0.3) is 11.0 Å². The quantitative estimate of drug-likeness (QED) is 0.882. The molecule has 0 aliphatic heterocycles. The largest absolute Gasteiger partial charge is 0.491 e. The fourth-order valence-corrected chi connectivity index (χ4v) is 1.78. The molecule has 0 unspecified atom stereocenters. The number of benzene rings is 1. The first-order chi connectivity index (χ1) is 9.81. The van der Waals surface area contributed by atoms with E-state index in [9.17, 15) is 23.1 Å². The Balaban J connectivity index is 2.42. The van der Waals surface area contributed by atoms with E-state index in [1.54, 1.807) is 6.92 Å². The summed E-state index contributed by atoms with van der Waals surface area (Å²) in [5.41, 5.74) is -2.34. The molecule has 2 aromatic rings.